The second-order valence-electron chi connectivity index (χ2n) is 6.01. The lowest BCUT2D eigenvalue weighted by atomic mass is 10.0. The normalized spacial score (nSPS) is 18.6. The fourth-order valence-electron chi connectivity index (χ4n) is 2.87. The summed E-state index contributed by atoms with van der Waals surface area (Å²) in [4.78, 5) is 14.7. The largest absolute Gasteiger partial charge is 0.491 e. The van der Waals surface area contributed by atoms with Crippen LogP contribution in [0, 0.1) is 0 Å². The van der Waals surface area contributed by atoms with Gasteiger partial charge in [0, 0.05) is 31.8 Å². The van der Waals surface area contributed by atoms with Crippen molar-refractivity contribution in [2.45, 2.75) is 32.2 Å². The van der Waals surface area contributed by atoms with Crippen LogP contribution in [0.3, 0.4) is 0 Å². The highest BCUT2D eigenvalue weighted by atomic mass is 16.5. The van der Waals surface area contributed by atoms with E-state index in [4.69, 9.17) is 9.47 Å². The fourth-order valence-corrected chi connectivity index (χ4v) is 2.87. The van der Waals surface area contributed by atoms with Crippen LogP contribution in [0.4, 0.5) is 0 Å². The molecule has 5 heteroatoms. The molecule has 128 valence electrons. The Hall–Kier alpha value is -1.59. The molecular formula is C18H28N2O3. The molecule has 1 aromatic rings. The molecule has 23 heavy (non-hydrogen) atoms. The Morgan fingerprint density at radius 3 is 3.00 bits per heavy atom. The van der Waals surface area contributed by atoms with Crippen molar-refractivity contribution in [1.29, 1.82) is 0 Å². The van der Waals surface area contributed by atoms with Gasteiger partial charge in [0.25, 0.3) is 5.91 Å². The zero-order valence-corrected chi connectivity index (χ0v) is 14.2. The average Bonchev–Trinajstić information content (AvgIpc) is 2.57. The van der Waals surface area contributed by atoms with Gasteiger partial charge in [-0.1, -0.05) is 12.5 Å². The van der Waals surface area contributed by atoms with Gasteiger partial charge in [0.2, 0.25) is 0 Å². The van der Waals surface area contributed by atoms with Crippen molar-refractivity contribution in [2.75, 3.05) is 40.0 Å². The standard InChI is InChI=1S/C18H28N2O3/c1-15-6-3-4-10-20(15)11-9-19-18(21)16-7-5-8-17(14-16)23-13-12-22-2/h5,7-8,14-15H,3-4,6,9-13H2,1-2H3,(H,19,21). The first-order valence-corrected chi connectivity index (χ1v) is 8.45. The van der Waals surface area contributed by atoms with Crippen LogP contribution in [0.5, 0.6) is 5.75 Å². The summed E-state index contributed by atoms with van der Waals surface area (Å²) in [5, 5.41) is 3.00. The Morgan fingerprint density at radius 1 is 1.35 bits per heavy atom. The smallest absolute Gasteiger partial charge is 0.251 e. The molecule has 1 N–H and O–H groups in total. The first-order chi connectivity index (χ1) is 11.2. The number of hydrogen-bond acceptors (Lipinski definition) is 4. The summed E-state index contributed by atoms with van der Waals surface area (Å²) in [6.07, 6.45) is 3.84. The Labute approximate surface area is 139 Å². The number of carbonyl (C=O) groups is 1. The molecule has 1 aliphatic rings. The third-order valence-corrected chi connectivity index (χ3v) is 4.28. The van der Waals surface area contributed by atoms with Crippen LogP contribution in [0.1, 0.15) is 36.5 Å². The first-order valence-electron chi connectivity index (χ1n) is 8.45. The average molecular weight is 320 g/mol. The highest BCUT2D eigenvalue weighted by molar-refractivity contribution is 5.94. The molecule has 1 heterocycles. The number of nitrogens with one attached hydrogen (secondary N) is 1. The minimum atomic E-state index is -0.0492. The Kier molecular flexibility index (Phi) is 7.36. The lowest BCUT2D eigenvalue weighted by Gasteiger charge is -2.33. The lowest BCUT2D eigenvalue weighted by Crippen LogP contribution is -2.42. The van der Waals surface area contributed by atoms with Gasteiger partial charge in [-0.05, 0) is 44.5 Å². The summed E-state index contributed by atoms with van der Waals surface area (Å²) in [6.45, 7) is 6.01. The molecule has 0 aliphatic carbocycles. The summed E-state index contributed by atoms with van der Waals surface area (Å²) in [5.41, 5.74) is 0.631. The Morgan fingerprint density at radius 2 is 2.22 bits per heavy atom. The first kappa shape index (κ1) is 17.8. The third-order valence-electron chi connectivity index (χ3n) is 4.28. The minimum Gasteiger partial charge on any atom is -0.491 e. The van der Waals surface area contributed by atoms with E-state index in [1.54, 1.807) is 13.2 Å². The highest BCUT2D eigenvalue weighted by Crippen LogP contribution is 2.16. The molecule has 1 unspecified atom stereocenters. The summed E-state index contributed by atoms with van der Waals surface area (Å²) < 4.78 is 10.5. The van der Waals surface area contributed by atoms with Crippen LogP contribution < -0.4 is 10.1 Å². The molecule has 0 spiro atoms. The van der Waals surface area contributed by atoms with E-state index in [0.717, 1.165) is 13.1 Å². The van der Waals surface area contributed by atoms with Crippen molar-refractivity contribution in [2.24, 2.45) is 0 Å². The quantitative estimate of drug-likeness (QED) is 0.747. The molecule has 1 atom stereocenters. The monoisotopic (exact) mass is 320 g/mol. The van der Waals surface area contributed by atoms with Gasteiger partial charge in [-0.2, -0.15) is 0 Å². The van der Waals surface area contributed by atoms with Crippen LogP contribution in [-0.2, 0) is 4.74 Å². The number of benzene rings is 1. The van der Waals surface area contributed by atoms with E-state index in [1.807, 2.05) is 18.2 Å². The third kappa shape index (κ3) is 5.84. The van der Waals surface area contributed by atoms with Crippen LogP contribution in [-0.4, -0.2) is 56.8 Å². The van der Waals surface area contributed by atoms with Crippen LogP contribution in [0.25, 0.3) is 0 Å². The molecule has 1 aromatic carbocycles. The molecule has 1 fully saturated rings. The van der Waals surface area contributed by atoms with E-state index in [2.05, 4.69) is 17.1 Å². The molecule has 1 saturated heterocycles. The lowest BCUT2D eigenvalue weighted by molar-refractivity contribution is 0.0937. The predicted molar refractivity (Wildman–Crippen MR) is 91.0 cm³/mol. The summed E-state index contributed by atoms with van der Waals surface area (Å²) in [5.74, 6) is 0.645. The van der Waals surface area contributed by atoms with Gasteiger partial charge >= 0.3 is 0 Å². The van der Waals surface area contributed by atoms with Crippen molar-refractivity contribution in [3.63, 3.8) is 0 Å². The number of nitrogens with zero attached hydrogens (tertiary/aromatic N) is 1. The van der Waals surface area contributed by atoms with Crippen molar-refractivity contribution >= 4 is 5.91 Å². The number of likely N-dealkylation sites (tertiary alicyclic amines) is 1. The molecule has 0 aromatic heterocycles. The number of ether oxygens (including phenoxy) is 2. The number of amides is 1. The number of rotatable bonds is 8. The summed E-state index contributed by atoms with van der Waals surface area (Å²) in [6, 6.07) is 7.89. The second-order valence-corrected chi connectivity index (χ2v) is 6.01. The second kappa shape index (κ2) is 9.53. The van der Waals surface area contributed by atoms with Gasteiger partial charge in [0.15, 0.2) is 0 Å². The van der Waals surface area contributed by atoms with Crippen molar-refractivity contribution < 1.29 is 14.3 Å². The number of hydrogen-bond donors (Lipinski definition) is 1. The van der Waals surface area contributed by atoms with Crippen LogP contribution in [0.15, 0.2) is 24.3 Å². The molecule has 5 nitrogen and oxygen atoms in total. The van der Waals surface area contributed by atoms with Crippen molar-refractivity contribution in [3.8, 4) is 5.75 Å². The zero-order valence-electron chi connectivity index (χ0n) is 14.2. The Bertz CT molecular complexity index is 493. The van der Waals surface area contributed by atoms with Gasteiger partial charge < -0.3 is 14.8 Å². The van der Waals surface area contributed by atoms with Gasteiger partial charge in [-0.25, -0.2) is 0 Å². The fraction of sp³-hybridized carbons (Fsp3) is 0.611. The molecule has 1 aliphatic heterocycles. The molecule has 1 amide bonds. The van der Waals surface area contributed by atoms with E-state index in [-0.39, 0.29) is 5.91 Å². The maximum atomic E-state index is 12.2. The van der Waals surface area contributed by atoms with Gasteiger partial charge in [0.05, 0.1) is 6.61 Å². The van der Waals surface area contributed by atoms with Crippen molar-refractivity contribution in [3.05, 3.63) is 29.8 Å². The molecule has 0 radical (unpaired) electrons. The van der Waals surface area contributed by atoms with Gasteiger partial charge in [0.1, 0.15) is 12.4 Å². The maximum Gasteiger partial charge on any atom is 0.251 e. The van der Waals surface area contributed by atoms with E-state index >= 15 is 0 Å². The topological polar surface area (TPSA) is 50.8 Å². The zero-order chi connectivity index (χ0) is 16.5. The maximum absolute atomic E-state index is 12.2. The molecular weight excluding hydrogens is 292 g/mol. The van der Waals surface area contributed by atoms with Gasteiger partial charge in [-0.15, -0.1) is 0 Å². The van der Waals surface area contributed by atoms with E-state index in [1.165, 1.54) is 19.3 Å². The SMILES string of the molecule is COCCOc1cccc(C(=O)NCCN2CCCCC2C)c1. The van der Waals surface area contributed by atoms with Crippen LogP contribution in [0.2, 0.25) is 0 Å². The Balaban J connectivity index is 1.77. The van der Waals surface area contributed by atoms with Crippen LogP contribution >= 0.6 is 0 Å². The highest BCUT2D eigenvalue weighted by Gasteiger charge is 2.17. The number of carbonyl (C=O) groups excluding carboxylic acids is 1. The molecule has 0 bridgehead atoms. The number of methoxy groups -OCH3 is 1. The number of piperidine rings is 1. The summed E-state index contributed by atoms with van der Waals surface area (Å²) in [7, 11) is 1.64. The summed E-state index contributed by atoms with van der Waals surface area (Å²) >= 11 is 0. The van der Waals surface area contributed by atoms with Gasteiger partial charge in [-0.3, -0.25) is 9.69 Å². The van der Waals surface area contributed by atoms with E-state index < -0.39 is 0 Å². The molecule has 2 rings (SSSR count). The van der Waals surface area contributed by atoms with E-state index in [0.29, 0.717) is 37.1 Å². The predicted octanol–water partition coefficient (Wildman–Crippen LogP) is 2.32. The van der Waals surface area contributed by atoms with E-state index in [9.17, 15) is 4.79 Å². The molecule has 0 saturated carbocycles. The minimum absolute atomic E-state index is 0.0492. The van der Waals surface area contributed by atoms with Crippen molar-refractivity contribution in [1.82, 2.24) is 10.2 Å².